The van der Waals surface area contributed by atoms with Gasteiger partial charge in [0.05, 0.1) is 0 Å². The van der Waals surface area contributed by atoms with Crippen molar-refractivity contribution in [1.82, 2.24) is 9.80 Å². The van der Waals surface area contributed by atoms with Crippen molar-refractivity contribution in [3.63, 3.8) is 0 Å². The second-order valence-corrected chi connectivity index (χ2v) is 6.09. The van der Waals surface area contributed by atoms with Crippen LogP contribution in [0, 0.1) is 6.92 Å². The molecule has 0 aromatic heterocycles. The van der Waals surface area contributed by atoms with Gasteiger partial charge in [0.1, 0.15) is 0 Å². The van der Waals surface area contributed by atoms with Crippen molar-refractivity contribution in [2.75, 3.05) is 33.7 Å². The molecule has 2 unspecified atom stereocenters. The molecule has 2 N–H and O–H groups in total. The van der Waals surface area contributed by atoms with Crippen LogP contribution in [-0.4, -0.2) is 49.6 Å². The summed E-state index contributed by atoms with van der Waals surface area (Å²) in [4.78, 5) is 4.81. The summed E-state index contributed by atoms with van der Waals surface area (Å²) in [6, 6.07) is 7.06. The third-order valence-corrected chi connectivity index (χ3v) is 4.42. The minimum atomic E-state index is 0.308. The monoisotopic (exact) mass is 281 g/mol. The molecule has 1 fully saturated rings. The summed E-state index contributed by atoms with van der Waals surface area (Å²) in [6.07, 6.45) is 1.22. The van der Waals surface area contributed by atoms with E-state index in [2.05, 4.69) is 36.9 Å². The van der Waals surface area contributed by atoms with E-state index in [9.17, 15) is 0 Å². The first-order chi connectivity index (χ1) is 9.02. The molecule has 0 radical (unpaired) electrons. The van der Waals surface area contributed by atoms with E-state index in [1.807, 2.05) is 12.1 Å². The summed E-state index contributed by atoms with van der Waals surface area (Å²) in [6.45, 7) is 4.98. The van der Waals surface area contributed by atoms with E-state index in [4.69, 9.17) is 17.3 Å². The maximum Gasteiger partial charge on any atom is 0.0473 e. The van der Waals surface area contributed by atoms with Gasteiger partial charge >= 0.3 is 0 Å². The third-order valence-electron chi connectivity index (χ3n) is 4.18. The molecule has 3 nitrogen and oxygen atoms in total. The van der Waals surface area contributed by atoms with Crippen molar-refractivity contribution in [2.45, 2.75) is 25.4 Å². The highest BCUT2D eigenvalue weighted by molar-refractivity contribution is 6.30. The van der Waals surface area contributed by atoms with E-state index < -0.39 is 0 Å². The number of hydrogen-bond acceptors (Lipinski definition) is 3. The molecule has 0 spiro atoms. The van der Waals surface area contributed by atoms with Gasteiger partial charge in [0.15, 0.2) is 0 Å². The first-order valence-electron chi connectivity index (χ1n) is 6.89. The smallest absolute Gasteiger partial charge is 0.0473 e. The average molecular weight is 282 g/mol. The Kier molecular flexibility index (Phi) is 4.85. The Morgan fingerprint density at radius 1 is 1.47 bits per heavy atom. The second kappa shape index (κ2) is 6.23. The van der Waals surface area contributed by atoms with Crippen LogP contribution in [0.15, 0.2) is 18.2 Å². The van der Waals surface area contributed by atoms with Crippen LogP contribution in [0.1, 0.15) is 23.6 Å². The van der Waals surface area contributed by atoms with E-state index in [0.29, 0.717) is 18.6 Å². The highest BCUT2D eigenvalue weighted by Gasteiger charge is 2.29. The molecule has 19 heavy (non-hydrogen) atoms. The predicted molar refractivity (Wildman–Crippen MR) is 81.6 cm³/mol. The highest BCUT2D eigenvalue weighted by atomic mass is 35.5. The van der Waals surface area contributed by atoms with Crippen molar-refractivity contribution < 1.29 is 0 Å². The van der Waals surface area contributed by atoms with Crippen LogP contribution in [-0.2, 0) is 0 Å². The van der Waals surface area contributed by atoms with Crippen LogP contribution in [0.4, 0.5) is 0 Å². The minimum absolute atomic E-state index is 0.308. The minimum Gasteiger partial charge on any atom is -0.329 e. The fourth-order valence-electron chi connectivity index (χ4n) is 2.96. The Morgan fingerprint density at radius 2 is 2.21 bits per heavy atom. The molecule has 1 aromatic rings. The van der Waals surface area contributed by atoms with Gasteiger partial charge in [-0.25, -0.2) is 0 Å². The van der Waals surface area contributed by atoms with E-state index >= 15 is 0 Å². The van der Waals surface area contributed by atoms with Crippen molar-refractivity contribution in [3.8, 4) is 0 Å². The number of likely N-dealkylation sites (tertiary alicyclic amines) is 1. The number of nitrogens with two attached hydrogens (primary N) is 1. The van der Waals surface area contributed by atoms with Crippen molar-refractivity contribution in [2.24, 2.45) is 5.73 Å². The quantitative estimate of drug-likeness (QED) is 0.919. The normalized spacial score (nSPS) is 22.1. The Hall–Kier alpha value is -0.610. The number of nitrogens with zero attached hydrogens (tertiary/aromatic N) is 2. The molecular formula is C15H24ClN3. The van der Waals surface area contributed by atoms with Crippen LogP contribution in [0.3, 0.4) is 0 Å². The molecule has 0 amide bonds. The van der Waals surface area contributed by atoms with Crippen LogP contribution < -0.4 is 5.73 Å². The van der Waals surface area contributed by atoms with Gasteiger partial charge in [-0.15, -0.1) is 0 Å². The predicted octanol–water partition coefficient (Wildman–Crippen LogP) is 2.28. The number of hydrogen-bond donors (Lipinski definition) is 1. The molecular weight excluding hydrogens is 258 g/mol. The van der Waals surface area contributed by atoms with Crippen LogP contribution in [0.25, 0.3) is 0 Å². The summed E-state index contributed by atoms with van der Waals surface area (Å²) in [7, 11) is 4.30. The molecule has 4 heteroatoms. The summed E-state index contributed by atoms with van der Waals surface area (Å²) < 4.78 is 0. The Bertz CT molecular complexity index is 433. The van der Waals surface area contributed by atoms with Gasteiger partial charge < -0.3 is 10.6 Å². The van der Waals surface area contributed by atoms with Gasteiger partial charge in [0, 0.05) is 36.7 Å². The number of benzene rings is 1. The summed E-state index contributed by atoms with van der Waals surface area (Å²) in [5.74, 6) is 0. The Balaban J connectivity index is 2.16. The van der Waals surface area contributed by atoms with E-state index in [1.165, 1.54) is 17.5 Å². The lowest BCUT2D eigenvalue weighted by Crippen LogP contribution is -2.36. The van der Waals surface area contributed by atoms with Crippen molar-refractivity contribution in [3.05, 3.63) is 34.3 Å². The number of halogens is 1. The molecule has 0 aliphatic carbocycles. The van der Waals surface area contributed by atoms with Crippen molar-refractivity contribution >= 4 is 11.6 Å². The number of likely N-dealkylation sites (N-methyl/N-ethyl adjacent to an activating group) is 1. The molecule has 2 atom stereocenters. The highest BCUT2D eigenvalue weighted by Crippen LogP contribution is 2.29. The van der Waals surface area contributed by atoms with E-state index in [1.54, 1.807) is 0 Å². The summed E-state index contributed by atoms with van der Waals surface area (Å²) >= 11 is 6.04. The molecule has 1 aliphatic rings. The number of rotatable bonds is 4. The fraction of sp³-hybridized carbons (Fsp3) is 0.600. The van der Waals surface area contributed by atoms with Crippen LogP contribution >= 0.6 is 11.6 Å². The van der Waals surface area contributed by atoms with Crippen LogP contribution in [0.5, 0.6) is 0 Å². The first kappa shape index (κ1) is 14.8. The zero-order chi connectivity index (χ0) is 14.0. The zero-order valence-electron chi connectivity index (χ0n) is 12.1. The molecule has 1 heterocycles. The zero-order valence-corrected chi connectivity index (χ0v) is 12.8. The summed E-state index contributed by atoms with van der Waals surface area (Å²) in [5, 5.41) is 0.796. The molecule has 0 bridgehead atoms. The molecule has 2 rings (SSSR count). The molecule has 1 aromatic carbocycles. The van der Waals surface area contributed by atoms with E-state index in [0.717, 1.165) is 18.1 Å². The summed E-state index contributed by atoms with van der Waals surface area (Å²) in [5.41, 5.74) is 8.57. The largest absolute Gasteiger partial charge is 0.329 e. The standard InChI is InChI=1S/C15H24ClN3/c1-11-8-12(16)4-5-14(11)15(9-17)19-7-6-13(10-19)18(2)3/h4-5,8,13,15H,6-7,9-10,17H2,1-3H3. The molecule has 0 saturated carbocycles. The Labute approximate surface area is 121 Å². The average Bonchev–Trinajstić information content (AvgIpc) is 2.82. The first-order valence-corrected chi connectivity index (χ1v) is 7.27. The topological polar surface area (TPSA) is 32.5 Å². The van der Waals surface area contributed by atoms with Gasteiger partial charge in [-0.05, 0) is 50.7 Å². The van der Waals surface area contributed by atoms with E-state index in [-0.39, 0.29) is 0 Å². The van der Waals surface area contributed by atoms with Crippen LogP contribution in [0.2, 0.25) is 5.02 Å². The third kappa shape index (κ3) is 3.29. The van der Waals surface area contributed by atoms with Gasteiger partial charge in [-0.1, -0.05) is 17.7 Å². The van der Waals surface area contributed by atoms with Gasteiger partial charge in [0.25, 0.3) is 0 Å². The maximum absolute atomic E-state index is 6.04. The Morgan fingerprint density at radius 3 is 2.74 bits per heavy atom. The second-order valence-electron chi connectivity index (χ2n) is 5.65. The number of aryl methyl sites for hydroxylation is 1. The molecule has 1 aliphatic heterocycles. The lowest BCUT2D eigenvalue weighted by Gasteiger charge is -2.29. The SMILES string of the molecule is Cc1cc(Cl)ccc1C(CN)N1CCC(N(C)C)C1. The van der Waals surface area contributed by atoms with Gasteiger partial charge in [0.2, 0.25) is 0 Å². The molecule has 1 saturated heterocycles. The van der Waals surface area contributed by atoms with Gasteiger partial charge in [-0.3, -0.25) is 4.90 Å². The lowest BCUT2D eigenvalue weighted by molar-refractivity contribution is 0.220. The fourth-order valence-corrected chi connectivity index (χ4v) is 3.19. The molecule has 106 valence electrons. The van der Waals surface area contributed by atoms with Crippen molar-refractivity contribution in [1.29, 1.82) is 0 Å². The van der Waals surface area contributed by atoms with Gasteiger partial charge in [-0.2, -0.15) is 0 Å². The lowest BCUT2D eigenvalue weighted by atomic mass is 10.0. The maximum atomic E-state index is 6.04.